The minimum Gasteiger partial charge on any atom is -0.350 e. The highest BCUT2D eigenvalue weighted by Crippen LogP contribution is 2.26. The molecule has 2 N–H and O–H groups in total. The number of benzene rings is 2. The van der Waals surface area contributed by atoms with Crippen molar-refractivity contribution in [1.82, 2.24) is 5.32 Å². The summed E-state index contributed by atoms with van der Waals surface area (Å²) >= 11 is 5.99. The van der Waals surface area contributed by atoms with Gasteiger partial charge in [-0.2, -0.15) is 0 Å². The predicted octanol–water partition coefficient (Wildman–Crippen LogP) is 3.42. The third-order valence-corrected chi connectivity index (χ3v) is 4.75. The third kappa shape index (κ3) is 4.24. The van der Waals surface area contributed by atoms with Crippen molar-refractivity contribution in [3.05, 3.63) is 58.9 Å². The zero-order valence-electron chi connectivity index (χ0n) is 13.0. The van der Waals surface area contributed by atoms with E-state index in [0.717, 1.165) is 12.1 Å². The molecule has 0 aliphatic carbocycles. The molecule has 2 rings (SSSR count). The zero-order valence-corrected chi connectivity index (χ0v) is 14.6. The van der Waals surface area contributed by atoms with Gasteiger partial charge in [-0.05, 0) is 44.2 Å². The van der Waals surface area contributed by atoms with Crippen LogP contribution in [0.15, 0.2) is 47.4 Å². The number of amides is 1. The van der Waals surface area contributed by atoms with Crippen molar-refractivity contribution in [1.29, 1.82) is 0 Å². The summed E-state index contributed by atoms with van der Waals surface area (Å²) in [6.07, 6.45) is 0. The number of sulfonamides is 1. The van der Waals surface area contributed by atoms with Crippen molar-refractivity contribution >= 4 is 33.2 Å². The van der Waals surface area contributed by atoms with Crippen molar-refractivity contribution in [2.24, 2.45) is 0 Å². The van der Waals surface area contributed by atoms with Crippen molar-refractivity contribution in [3.63, 3.8) is 0 Å². The molecule has 0 aliphatic rings. The molecule has 0 fully saturated rings. The summed E-state index contributed by atoms with van der Waals surface area (Å²) < 4.78 is 40.6. The molecule has 128 valence electrons. The van der Waals surface area contributed by atoms with Crippen LogP contribution in [-0.2, 0) is 10.0 Å². The van der Waals surface area contributed by atoms with Crippen LogP contribution >= 0.6 is 11.6 Å². The van der Waals surface area contributed by atoms with E-state index in [4.69, 9.17) is 11.6 Å². The summed E-state index contributed by atoms with van der Waals surface area (Å²) in [5.74, 6) is -1.25. The molecular formula is C16H16ClFN2O3S. The van der Waals surface area contributed by atoms with E-state index in [1.54, 1.807) is 13.8 Å². The highest BCUT2D eigenvalue weighted by Gasteiger charge is 2.20. The van der Waals surface area contributed by atoms with Crippen LogP contribution in [0.5, 0.6) is 0 Å². The third-order valence-electron chi connectivity index (χ3n) is 3.02. The standard InChI is InChI=1S/C16H16ClFN2O3S/c1-10(2)19-16(21)11-7-8-12(17)14(9-11)20-24(22,23)15-6-4-3-5-13(15)18/h3-10,20H,1-2H3,(H,19,21). The van der Waals surface area contributed by atoms with Crippen LogP contribution in [0.2, 0.25) is 5.02 Å². The summed E-state index contributed by atoms with van der Waals surface area (Å²) in [6.45, 7) is 3.60. The van der Waals surface area contributed by atoms with E-state index in [2.05, 4.69) is 10.0 Å². The Morgan fingerprint density at radius 2 is 1.83 bits per heavy atom. The normalized spacial score (nSPS) is 11.4. The molecule has 0 saturated heterocycles. The second-order valence-electron chi connectivity index (χ2n) is 5.36. The monoisotopic (exact) mass is 370 g/mol. The lowest BCUT2D eigenvalue weighted by Crippen LogP contribution is -2.30. The molecule has 0 spiro atoms. The number of rotatable bonds is 5. The van der Waals surface area contributed by atoms with Crippen LogP contribution in [0, 0.1) is 5.82 Å². The lowest BCUT2D eigenvalue weighted by atomic mass is 10.2. The number of halogens is 2. The van der Waals surface area contributed by atoms with Gasteiger partial charge in [-0.15, -0.1) is 0 Å². The molecule has 2 aromatic carbocycles. The largest absolute Gasteiger partial charge is 0.350 e. The van der Waals surface area contributed by atoms with Gasteiger partial charge in [-0.3, -0.25) is 9.52 Å². The van der Waals surface area contributed by atoms with Gasteiger partial charge in [-0.1, -0.05) is 23.7 Å². The fourth-order valence-corrected chi connectivity index (χ4v) is 3.32. The van der Waals surface area contributed by atoms with E-state index < -0.39 is 20.7 Å². The molecule has 24 heavy (non-hydrogen) atoms. The van der Waals surface area contributed by atoms with Crippen LogP contribution in [0.4, 0.5) is 10.1 Å². The van der Waals surface area contributed by atoms with Gasteiger partial charge in [0.2, 0.25) is 0 Å². The Morgan fingerprint density at radius 1 is 1.17 bits per heavy atom. The SMILES string of the molecule is CC(C)NC(=O)c1ccc(Cl)c(NS(=O)(=O)c2ccccc2F)c1. The van der Waals surface area contributed by atoms with Crippen LogP contribution in [0.1, 0.15) is 24.2 Å². The molecular weight excluding hydrogens is 355 g/mol. The lowest BCUT2D eigenvalue weighted by molar-refractivity contribution is 0.0943. The first kappa shape index (κ1) is 18.2. The van der Waals surface area contributed by atoms with Gasteiger partial charge in [0.05, 0.1) is 10.7 Å². The van der Waals surface area contributed by atoms with Crippen LogP contribution < -0.4 is 10.0 Å². The second kappa shape index (κ2) is 7.19. The number of carbonyl (C=O) groups is 1. The van der Waals surface area contributed by atoms with Crippen molar-refractivity contribution in [2.45, 2.75) is 24.8 Å². The first-order chi connectivity index (χ1) is 11.2. The molecule has 0 unspecified atom stereocenters. The smallest absolute Gasteiger partial charge is 0.264 e. The van der Waals surface area contributed by atoms with Gasteiger partial charge >= 0.3 is 0 Å². The number of anilines is 1. The molecule has 0 atom stereocenters. The average Bonchev–Trinajstić information content (AvgIpc) is 2.48. The molecule has 0 aliphatic heterocycles. The van der Waals surface area contributed by atoms with Crippen LogP contribution in [0.25, 0.3) is 0 Å². The number of carbonyl (C=O) groups excluding carboxylic acids is 1. The van der Waals surface area contributed by atoms with E-state index in [9.17, 15) is 17.6 Å². The minimum atomic E-state index is -4.17. The topological polar surface area (TPSA) is 75.3 Å². The molecule has 1 amide bonds. The zero-order chi connectivity index (χ0) is 17.9. The first-order valence-corrected chi connectivity index (χ1v) is 8.94. The summed E-state index contributed by atoms with van der Waals surface area (Å²) in [7, 11) is -4.17. The van der Waals surface area contributed by atoms with Gasteiger partial charge in [-0.25, -0.2) is 12.8 Å². The highest BCUT2D eigenvalue weighted by molar-refractivity contribution is 7.92. The van der Waals surface area contributed by atoms with Crippen LogP contribution in [-0.4, -0.2) is 20.4 Å². The molecule has 0 heterocycles. The van der Waals surface area contributed by atoms with Crippen molar-refractivity contribution in [2.75, 3.05) is 4.72 Å². The van der Waals surface area contributed by atoms with E-state index in [1.807, 2.05) is 0 Å². The Hall–Kier alpha value is -2.12. The molecule has 0 bridgehead atoms. The van der Waals surface area contributed by atoms with E-state index >= 15 is 0 Å². The number of hydrogen-bond acceptors (Lipinski definition) is 3. The van der Waals surface area contributed by atoms with Gasteiger partial charge < -0.3 is 5.32 Å². The van der Waals surface area contributed by atoms with E-state index in [1.165, 1.54) is 30.3 Å². The Morgan fingerprint density at radius 3 is 2.46 bits per heavy atom. The Kier molecular flexibility index (Phi) is 5.46. The minimum absolute atomic E-state index is 0.00340. The molecule has 5 nitrogen and oxygen atoms in total. The second-order valence-corrected chi connectivity index (χ2v) is 7.42. The van der Waals surface area contributed by atoms with E-state index in [0.29, 0.717) is 0 Å². The van der Waals surface area contributed by atoms with Crippen molar-refractivity contribution < 1.29 is 17.6 Å². The summed E-state index contributed by atoms with van der Waals surface area (Å²) in [5.41, 5.74) is 0.232. The van der Waals surface area contributed by atoms with Gasteiger partial charge in [0.15, 0.2) is 0 Å². The van der Waals surface area contributed by atoms with Crippen molar-refractivity contribution in [3.8, 4) is 0 Å². The summed E-state index contributed by atoms with van der Waals surface area (Å²) in [4.78, 5) is 11.5. The fraction of sp³-hybridized carbons (Fsp3) is 0.188. The first-order valence-electron chi connectivity index (χ1n) is 7.08. The van der Waals surface area contributed by atoms with Gasteiger partial charge in [0.1, 0.15) is 10.7 Å². The molecule has 8 heteroatoms. The van der Waals surface area contributed by atoms with Gasteiger partial charge in [0.25, 0.3) is 15.9 Å². The Balaban J connectivity index is 2.36. The highest BCUT2D eigenvalue weighted by atomic mass is 35.5. The maximum atomic E-state index is 13.7. The maximum absolute atomic E-state index is 13.7. The molecule has 0 aromatic heterocycles. The Bertz CT molecular complexity index is 869. The average molecular weight is 371 g/mol. The lowest BCUT2D eigenvalue weighted by Gasteiger charge is -2.13. The molecule has 2 aromatic rings. The molecule has 0 saturated carbocycles. The molecule has 0 radical (unpaired) electrons. The Labute approximate surface area is 144 Å². The quantitative estimate of drug-likeness (QED) is 0.846. The fourth-order valence-electron chi connectivity index (χ4n) is 1.95. The van der Waals surface area contributed by atoms with Crippen LogP contribution in [0.3, 0.4) is 0 Å². The maximum Gasteiger partial charge on any atom is 0.264 e. The summed E-state index contributed by atoms with van der Waals surface area (Å²) in [6, 6.07) is 9.08. The van der Waals surface area contributed by atoms with E-state index in [-0.39, 0.29) is 28.2 Å². The number of hydrogen-bond donors (Lipinski definition) is 2. The summed E-state index contributed by atoms with van der Waals surface area (Å²) in [5, 5.41) is 2.78. The number of nitrogens with one attached hydrogen (secondary N) is 2. The predicted molar refractivity (Wildman–Crippen MR) is 91.3 cm³/mol. The van der Waals surface area contributed by atoms with Gasteiger partial charge in [0, 0.05) is 11.6 Å².